The molecule has 0 bridgehead atoms. The van der Waals surface area contributed by atoms with Gasteiger partial charge in [0.15, 0.2) is 0 Å². The predicted molar refractivity (Wildman–Crippen MR) is 103 cm³/mol. The highest BCUT2D eigenvalue weighted by Crippen LogP contribution is 2.33. The van der Waals surface area contributed by atoms with Crippen LogP contribution in [0.5, 0.6) is 0 Å². The molecule has 1 aromatic heterocycles. The van der Waals surface area contributed by atoms with E-state index in [1.807, 2.05) is 16.9 Å². The molecule has 1 aromatic rings. The van der Waals surface area contributed by atoms with Gasteiger partial charge in [-0.1, -0.05) is 0 Å². The van der Waals surface area contributed by atoms with Crippen LogP contribution in [0, 0.1) is 0 Å². The molecule has 0 aliphatic carbocycles. The molecule has 8 heteroatoms. The van der Waals surface area contributed by atoms with Gasteiger partial charge in [-0.25, -0.2) is 0 Å². The van der Waals surface area contributed by atoms with Gasteiger partial charge in [-0.3, -0.25) is 14.4 Å². The molecule has 0 aromatic carbocycles. The number of hydrogen-bond acceptors (Lipinski definition) is 4. The van der Waals surface area contributed by atoms with Crippen LogP contribution in [0.1, 0.15) is 32.6 Å². The van der Waals surface area contributed by atoms with Gasteiger partial charge in [0, 0.05) is 37.6 Å². The average Bonchev–Trinajstić information content (AvgIpc) is 3.25. The summed E-state index contributed by atoms with van der Waals surface area (Å²) in [6.45, 7) is 7.06. The van der Waals surface area contributed by atoms with Gasteiger partial charge < -0.3 is 10.2 Å². The van der Waals surface area contributed by atoms with E-state index in [1.165, 1.54) is 19.4 Å². The molecular formula is C17H29Cl2N5O. The molecule has 2 unspecified atom stereocenters. The summed E-state index contributed by atoms with van der Waals surface area (Å²) in [5.74, 6) is 0.279. The summed E-state index contributed by atoms with van der Waals surface area (Å²) in [6.07, 6.45) is 7.89. The predicted octanol–water partition coefficient (Wildman–Crippen LogP) is 1.50. The first-order chi connectivity index (χ1) is 11.2. The first-order valence-corrected chi connectivity index (χ1v) is 8.97. The molecule has 4 rings (SSSR count). The van der Waals surface area contributed by atoms with Gasteiger partial charge in [-0.2, -0.15) is 5.10 Å². The molecule has 4 heterocycles. The summed E-state index contributed by atoms with van der Waals surface area (Å²) in [7, 11) is 0. The summed E-state index contributed by atoms with van der Waals surface area (Å²) in [6, 6.07) is 2.78. The zero-order valence-corrected chi connectivity index (χ0v) is 16.4. The van der Waals surface area contributed by atoms with E-state index in [0.29, 0.717) is 12.1 Å². The van der Waals surface area contributed by atoms with Crippen LogP contribution in [0.15, 0.2) is 18.5 Å². The maximum absolute atomic E-state index is 13.6. The summed E-state index contributed by atoms with van der Waals surface area (Å²) in [4.78, 5) is 18.3. The summed E-state index contributed by atoms with van der Waals surface area (Å²) in [5.41, 5.74) is -0.496. The van der Waals surface area contributed by atoms with Crippen molar-refractivity contribution >= 4 is 30.7 Å². The Labute approximate surface area is 162 Å². The van der Waals surface area contributed by atoms with Crippen molar-refractivity contribution in [2.24, 2.45) is 0 Å². The summed E-state index contributed by atoms with van der Waals surface area (Å²) < 4.78 is 1.92. The molecule has 0 radical (unpaired) electrons. The van der Waals surface area contributed by atoms with E-state index in [1.54, 1.807) is 6.20 Å². The van der Waals surface area contributed by atoms with Crippen molar-refractivity contribution in [2.75, 3.05) is 32.7 Å². The number of nitrogens with one attached hydrogen (secondary N) is 1. The summed E-state index contributed by atoms with van der Waals surface area (Å²) >= 11 is 0. The first-order valence-electron chi connectivity index (χ1n) is 8.97. The third-order valence-electron chi connectivity index (χ3n) is 5.97. The second-order valence-corrected chi connectivity index (χ2v) is 7.33. The van der Waals surface area contributed by atoms with Gasteiger partial charge in [0.2, 0.25) is 0 Å². The lowest BCUT2D eigenvalue weighted by Gasteiger charge is -2.47. The molecule has 1 N–H and O–H groups in total. The lowest BCUT2D eigenvalue weighted by atomic mass is 9.85. The number of carbonyl (C=O) groups is 1. The van der Waals surface area contributed by atoms with Crippen molar-refractivity contribution in [3.8, 4) is 0 Å². The Kier molecular flexibility index (Phi) is 6.76. The van der Waals surface area contributed by atoms with E-state index < -0.39 is 5.54 Å². The van der Waals surface area contributed by atoms with Crippen molar-refractivity contribution in [3.05, 3.63) is 18.5 Å². The van der Waals surface area contributed by atoms with Crippen LogP contribution in [-0.2, 0) is 10.3 Å². The highest BCUT2D eigenvalue weighted by Gasteiger charge is 2.47. The lowest BCUT2D eigenvalue weighted by molar-refractivity contribution is -0.149. The number of hydrogen-bond donors (Lipinski definition) is 1. The van der Waals surface area contributed by atoms with Crippen LogP contribution in [0.2, 0.25) is 0 Å². The Morgan fingerprint density at radius 1 is 1.24 bits per heavy atom. The van der Waals surface area contributed by atoms with Crippen LogP contribution >= 0.6 is 24.8 Å². The van der Waals surface area contributed by atoms with Crippen LogP contribution in [0.3, 0.4) is 0 Å². The minimum atomic E-state index is -0.496. The molecule has 0 spiro atoms. The van der Waals surface area contributed by atoms with Crippen LogP contribution in [0.25, 0.3) is 0 Å². The fourth-order valence-electron chi connectivity index (χ4n) is 4.64. The molecule has 2 atom stereocenters. The monoisotopic (exact) mass is 389 g/mol. The van der Waals surface area contributed by atoms with Crippen molar-refractivity contribution in [3.63, 3.8) is 0 Å². The minimum Gasteiger partial charge on any atom is -0.335 e. The number of nitrogens with zero attached hydrogens (tertiary/aromatic N) is 4. The van der Waals surface area contributed by atoms with Gasteiger partial charge in [0.25, 0.3) is 5.91 Å². The van der Waals surface area contributed by atoms with Crippen LogP contribution < -0.4 is 5.32 Å². The number of rotatable bonds is 2. The highest BCUT2D eigenvalue weighted by molar-refractivity contribution is 5.86. The van der Waals surface area contributed by atoms with E-state index in [-0.39, 0.29) is 30.7 Å². The average molecular weight is 390 g/mol. The van der Waals surface area contributed by atoms with Gasteiger partial charge >= 0.3 is 0 Å². The SMILES string of the molecule is CC1CN2CCCC2CN1C(=O)C1(n2cccn2)CCNCC1.Cl.Cl. The molecule has 142 valence electrons. The topological polar surface area (TPSA) is 53.4 Å². The highest BCUT2D eigenvalue weighted by atomic mass is 35.5. The van der Waals surface area contributed by atoms with E-state index in [4.69, 9.17) is 0 Å². The van der Waals surface area contributed by atoms with Crippen molar-refractivity contribution in [2.45, 2.75) is 50.2 Å². The van der Waals surface area contributed by atoms with Crippen molar-refractivity contribution < 1.29 is 4.79 Å². The second-order valence-electron chi connectivity index (χ2n) is 7.33. The number of amides is 1. The fraction of sp³-hybridized carbons (Fsp3) is 0.765. The molecule has 3 fully saturated rings. The number of fused-ring (bicyclic) bond motifs is 1. The van der Waals surface area contributed by atoms with Gasteiger partial charge in [-0.15, -0.1) is 24.8 Å². The normalized spacial score (nSPS) is 28.6. The number of aromatic nitrogens is 2. The molecule has 25 heavy (non-hydrogen) atoms. The molecule has 6 nitrogen and oxygen atoms in total. The minimum absolute atomic E-state index is 0. The lowest BCUT2D eigenvalue weighted by Crippen LogP contribution is -2.63. The quantitative estimate of drug-likeness (QED) is 0.832. The maximum Gasteiger partial charge on any atom is 0.250 e. The second kappa shape index (κ2) is 8.25. The third kappa shape index (κ3) is 3.54. The third-order valence-corrected chi connectivity index (χ3v) is 5.97. The number of piperidine rings is 1. The molecule has 0 saturated carbocycles. The Balaban J connectivity index is 0.00000113. The zero-order valence-electron chi connectivity index (χ0n) is 14.8. The molecular weight excluding hydrogens is 361 g/mol. The van der Waals surface area contributed by atoms with E-state index >= 15 is 0 Å². The molecule has 1 amide bonds. The largest absolute Gasteiger partial charge is 0.335 e. The van der Waals surface area contributed by atoms with Gasteiger partial charge in [0.05, 0.1) is 0 Å². The Bertz CT molecular complexity index is 561. The molecule has 3 aliphatic heterocycles. The Morgan fingerprint density at radius 3 is 2.68 bits per heavy atom. The summed E-state index contributed by atoms with van der Waals surface area (Å²) in [5, 5.41) is 7.84. The van der Waals surface area contributed by atoms with Gasteiger partial charge in [-0.05, 0) is 58.3 Å². The number of carbonyl (C=O) groups excluding carboxylic acids is 1. The number of halogens is 2. The fourth-order valence-corrected chi connectivity index (χ4v) is 4.64. The van der Waals surface area contributed by atoms with Crippen LogP contribution in [-0.4, -0.2) is 70.3 Å². The van der Waals surface area contributed by atoms with E-state index in [0.717, 1.165) is 39.0 Å². The van der Waals surface area contributed by atoms with E-state index in [9.17, 15) is 4.79 Å². The Morgan fingerprint density at radius 2 is 2.00 bits per heavy atom. The molecule has 3 aliphatic rings. The smallest absolute Gasteiger partial charge is 0.250 e. The van der Waals surface area contributed by atoms with Gasteiger partial charge in [0.1, 0.15) is 5.54 Å². The standard InChI is InChI=1S/C17H27N5O.2ClH/c1-14-12-20-10-2-4-15(20)13-21(14)16(23)17(5-8-18-9-6-17)22-11-3-7-19-22;;/h3,7,11,14-15,18H,2,4-6,8-10,12-13H2,1H3;2*1H. The van der Waals surface area contributed by atoms with Crippen molar-refractivity contribution in [1.29, 1.82) is 0 Å². The number of piperazine rings is 1. The van der Waals surface area contributed by atoms with E-state index in [2.05, 4.69) is 27.1 Å². The zero-order chi connectivity index (χ0) is 15.9. The van der Waals surface area contributed by atoms with Crippen LogP contribution in [0.4, 0.5) is 0 Å². The maximum atomic E-state index is 13.6. The first kappa shape index (κ1) is 20.5. The Hall–Kier alpha value is -0.820. The molecule has 3 saturated heterocycles. The van der Waals surface area contributed by atoms with Crippen molar-refractivity contribution in [1.82, 2.24) is 24.9 Å².